The molecule has 5 nitrogen and oxygen atoms in total. The average Bonchev–Trinajstić information content (AvgIpc) is 2.85. The number of hydrogen-bond donors (Lipinski definition) is 1. The van der Waals surface area contributed by atoms with Crippen molar-refractivity contribution < 1.29 is 19.4 Å². The maximum absolute atomic E-state index is 13.0. The van der Waals surface area contributed by atoms with E-state index in [1.165, 1.54) is 10.8 Å². The number of likely N-dealkylation sites (tertiary alicyclic amines) is 1. The lowest BCUT2D eigenvalue weighted by Gasteiger charge is -2.64. The summed E-state index contributed by atoms with van der Waals surface area (Å²) in [5, 5.41) is 13.8. The molecule has 3 atom stereocenters. The maximum atomic E-state index is 13.0. The number of fused-ring (bicyclic) bond motifs is 2. The summed E-state index contributed by atoms with van der Waals surface area (Å²) in [6, 6.07) is 18.9. The van der Waals surface area contributed by atoms with E-state index >= 15 is 0 Å². The first-order valence-electron chi connectivity index (χ1n) is 12.2. The van der Waals surface area contributed by atoms with Crippen molar-refractivity contribution in [2.75, 3.05) is 20.7 Å². The van der Waals surface area contributed by atoms with E-state index in [0.717, 1.165) is 36.1 Å². The highest BCUT2D eigenvalue weighted by molar-refractivity contribution is 5.85. The van der Waals surface area contributed by atoms with Gasteiger partial charge in [0.2, 0.25) is 0 Å². The van der Waals surface area contributed by atoms with E-state index in [0.29, 0.717) is 31.6 Å². The Bertz CT molecular complexity index is 1290. The van der Waals surface area contributed by atoms with Gasteiger partial charge in [-0.2, -0.15) is 0 Å². The molecule has 0 radical (unpaired) electrons. The molecule has 3 aromatic rings. The molecule has 6 heteroatoms. The number of Topliss-reactive ketones (excluding diaryl/α,β-unsaturated/α-hetero) is 1. The molecule has 2 fully saturated rings. The van der Waals surface area contributed by atoms with Crippen LogP contribution in [0.25, 0.3) is 10.8 Å². The van der Waals surface area contributed by atoms with Gasteiger partial charge in [-0.05, 0) is 66.9 Å². The van der Waals surface area contributed by atoms with Gasteiger partial charge in [-0.25, -0.2) is 0 Å². The fourth-order valence-electron chi connectivity index (χ4n) is 7.09. The Labute approximate surface area is 212 Å². The highest BCUT2D eigenvalue weighted by Gasteiger charge is 2.66. The SMILES string of the molecule is COc1ccc2c(c1O)[C@]13CCN(C)[C@H](C2)[C@]1(OCc1ccc2ccccc2c1)CCC(=O)C3.Cl. The third kappa shape index (κ3) is 3.47. The Balaban J connectivity index is 0.00000253. The van der Waals surface area contributed by atoms with Crippen LogP contribution in [0.3, 0.4) is 0 Å². The molecule has 0 aromatic heterocycles. The number of nitrogens with zero attached hydrogens (tertiary/aromatic N) is 1. The second kappa shape index (κ2) is 8.81. The monoisotopic (exact) mass is 493 g/mol. The van der Waals surface area contributed by atoms with Crippen LogP contribution in [0.2, 0.25) is 0 Å². The summed E-state index contributed by atoms with van der Waals surface area (Å²) in [5.74, 6) is 0.895. The Morgan fingerprint density at radius 1 is 1.09 bits per heavy atom. The number of ketones is 1. The molecule has 0 amide bonds. The molecular weight excluding hydrogens is 462 g/mol. The van der Waals surface area contributed by atoms with Crippen molar-refractivity contribution in [3.05, 3.63) is 71.3 Å². The van der Waals surface area contributed by atoms with Gasteiger partial charge in [0.05, 0.1) is 19.3 Å². The van der Waals surface area contributed by atoms with Crippen LogP contribution >= 0.6 is 12.4 Å². The lowest BCUT2D eigenvalue weighted by atomic mass is 9.49. The molecule has 0 spiro atoms. The predicted molar refractivity (Wildman–Crippen MR) is 139 cm³/mol. The van der Waals surface area contributed by atoms with E-state index in [4.69, 9.17) is 9.47 Å². The fraction of sp³-hybridized carbons (Fsp3) is 0.414. The van der Waals surface area contributed by atoms with Crippen LogP contribution in [0, 0.1) is 0 Å². The van der Waals surface area contributed by atoms with Crippen molar-refractivity contribution >= 4 is 29.0 Å². The van der Waals surface area contributed by atoms with Gasteiger partial charge in [0.15, 0.2) is 11.5 Å². The molecule has 35 heavy (non-hydrogen) atoms. The number of piperidine rings is 1. The van der Waals surface area contributed by atoms with Crippen molar-refractivity contribution in [2.24, 2.45) is 0 Å². The summed E-state index contributed by atoms with van der Waals surface area (Å²) < 4.78 is 12.5. The minimum atomic E-state index is -0.553. The molecular formula is C29H32ClNO4. The van der Waals surface area contributed by atoms with E-state index in [2.05, 4.69) is 60.5 Å². The van der Waals surface area contributed by atoms with Gasteiger partial charge in [0.25, 0.3) is 0 Å². The highest BCUT2D eigenvalue weighted by atomic mass is 35.5. The minimum Gasteiger partial charge on any atom is -0.504 e. The molecule has 184 valence electrons. The summed E-state index contributed by atoms with van der Waals surface area (Å²) in [7, 11) is 3.75. The van der Waals surface area contributed by atoms with Gasteiger partial charge in [-0.15, -0.1) is 12.4 Å². The van der Waals surface area contributed by atoms with Gasteiger partial charge in [0, 0.05) is 29.9 Å². The molecule has 1 saturated heterocycles. The van der Waals surface area contributed by atoms with E-state index in [1.54, 1.807) is 7.11 Å². The molecule has 3 aromatic carbocycles. The molecule has 1 saturated carbocycles. The van der Waals surface area contributed by atoms with Crippen molar-refractivity contribution in [1.29, 1.82) is 0 Å². The molecule has 1 heterocycles. The van der Waals surface area contributed by atoms with Gasteiger partial charge >= 0.3 is 0 Å². The summed E-state index contributed by atoms with van der Waals surface area (Å²) in [6.07, 6.45) is 3.16. The standard InChI is InChI=1S/C29H31NO4.ClH/c1-30-14-13-28-17-23(31)11-12-29(28,25(30)16-22-9-10-24(33-2)27(32)26(22)28)34-18-19-7-8-20-5-3-4-6-21(20)15-19;/h3-10,15,25,32H,11-14,16-18H2,1-2H3;1H/t25-,28-,29-;/m1./s1. The fourth-order valence-corrected chi connectivity index (χ4v) is 7.09. The zero-order valence-electron chi connectivity index (χ0n) is 20.3. The number of hydrogen-bond acceptors (Lipinski definition) is 5. The highest BCUT2D eigenvalue weighted by Crippen LogP contribution is 2.62. The summed E-state index contributed by atoms with van der Waals surface area (Å²) in [5.41, 5.74) is 2.01. The molecule has 2 bridgehead atoms. The number of aromatic hydroxyl groups is 1. The van der Waals surface area contributed by atoms with E-state index in [1.807, 2.05) is 6.07 Å². The van der Waals surface area contributed by atoms with Crippen molar-refractivity contribution in [3.63, 3.8) is 0 Å². The van der Waals surface area contributed by atoms with Crippen molar-refractivity contribution in [1.82, 2.24) is 4.90 Å². The number of benzene rings is 3. The van der Waals surface area contributed by atoms with Crippen LogP contribution in [0.5, 0.6) is 11.5 Å². The third-order valence-corrected chi connectivity index (χ3v) is 8.70. The first-order valence-corrected chi connectivity index (χ1v) is 12.2. The Morgan fingerprint density at radius 2 is 1.89 bits per heavy atom. The van der Waals surface area contributed by atoms with Crippen molar-refractivity contribution in [2.45, 2.75) is 55.8 Å². The third-order valence-electron chi connectivity index (χ3n) is 8.70. The van der Waals surface area contributed by atoms with E-state index in [9.17, 15) is 9.90 Å². The zero-order chi connectivity index (χ0) is 23.5. The number of halogens is 1. The summed E-state index contributed by atoms with van der Waals surface area (Å²) in [4.78, 5) is 15.4. The Kier molecular flexibility index (Phi) is 6.07. The predicted octanol–water partition coefficient (Wildman–Crippen LogP) is 5.18. The molecule has 1 aliphatic heterocycles. The number of carbonyl (C=O) groups is 1. The van der Waals surface area contributed by atoms with Crippen LogP contribution in [0.4, 0.5) is 0 Å². The number of phenols is 1. The quantitative estimate of drug-likeness (QED) is 0.542. The van der Waals surface area contributed by atoms with Crippen LogP contribution in [0.15, 0.2) is 54.6 Å². The second-order valence-electron chi connectivity index (χ2n) is 10.3. The molecule has 1 N–H and O–H groups in total. The van der Waals surface area contributed by atoms with Crippen molar-refractivity contribution in [3.8, 4) is 11.5 Å². The molecule has 0 unspecified atom stereocenters. The number of methoxy groups -OCH3 is 1. The van der Waals surface area contributed by atoms with Gasteiger partial charge < -0.3 is 19.5 Å². The minimum absolute atomic E-state index is 0. The largest absolute Gasteiger partial charge is 0.504 e. The molecule has 6 rings (SSSR count). The number of ether oxygens (including phenoxy) is 2. The molecule has 3 aliphatic rings. The van der Waals surface area contributed by atoms with Crippen LogP contribution < -0.4 is 4.74 Å². The lowest BCUT2D eigenvalue weighted by molar-refractivity contribution is -0.202. The number of rotatable bonds is 4. The molecule has 2 aliphatic carbocycles. The normalized spacial score (nSPS) is 27.6. The number of likely N-dealkylation sites (N-methyl/N-ethyl adjacent to an activating group) is 1. The van der Waals surface area contributed by atoms with E-state index in [-0.39, 0.29) is 30.0 Å². The first-order chi connectivity index (χ1) is 16.5. The van der Waals surface area contributed by atoms with Gasteiger partial charge in [-0.3, -0.25) is 4.79 Å². The maximum Gasteiger partial charge on any atom is 0.161 e. The van der Waals surface area contributed by atoms with Gasteiger partial charge in [-0.1, -0.05) is 42.5 Å². The van der Waals surface area contributed by atoms with Crippen LogP contribution in [-0.2, 0) is 28.0 Å². The zero-order valence-corrected chi connectivity index (χ0v) is 21.1. The average molecular weight is 494 g/mol. The first kappa shape index (κ1) is 24.1. The second-order valence-corrected chi connectivity index (χ2v) is 10.3. The van der Waals surface area contributed by atoms with E-state index < -0.39 is 11.0 Å². The number of phenolic OH excluding ortho intramolecular Hbond substituents is 1. The van der Waals surface area contributed by atoms with Crippen LogP contribution in [0.1, 0.15) is 42.4 Å². The summed E-state index contributed by atoms with van der Waals surface area (Å²) >= 11 is 0. The van der Waals surface area contributed by atoms with Gasteiger partial charge in [0.1, 0.15) is 5.78 Å². The smallest absolute Gasteiger partial charge is 0.161 e. The lowest BCUT2D eigenvalue weighted by Crippen LogP contribution is -2.73. The topological polar surface area (TPSA) is 59.0 Å². The summed E-state index contributed by atoms with van der Waals surface area (Å²) in [6.45, 7) is 1.35. The Morgan fingerprint density at radius 3 is 2.69 bits per heavy atom. The van der Waals surface area contributed by atoms with Crippen LogP contribution in [-0.4, -0.2) is 48.1 Å². The Hall–Kier alpha value is -2.60. The number of carbonyl (C=O) groups excluding carboxylic acids is 1.